The van der Waals surface area contributed by atoms with Crippen LogP contribution in [0.1, 0.15) is 26.3 Å². The first-order valence-corrected chi connectivity index (χ1v) is 7.72. The molecule has 0 amide bonds. The summed E-state index contributed by atoms with van der Waals surface area (Å²) < 4.78 is 28.5. The Labute approximate surface area is 113 Å². The molecule has 0 unspecified atom stereocenters. The fourth-order valence-electron chi connectivity index (χ4n) is 1.36. The largest absolute Gasteiger partial charge is 0.493 e. The Bertz CT molecular complexity index is 532. The molecule has 0 bridgehead atoms. The van der Waals surface area contributed by atoms with Gasteiger partial charge in [-0.3, -0.25) is 0 Å². The third-order valence-corrected chi connectivity index (χ3v) is 4.95. The second kappa shape index (κ2) is 6.56. The van der Waals surface area contributed by atoms with Crippen LogP contribution in [-0.4, -0.2) is 36.9 Å². The number of hydrogen-bond acceptors (Lipinski definition) is 5. The average Bonchev–Trinajstić information content (AvgIpc) is 2.38. The van der Waals surface area contributed by atoms with E-state index in [1.54, 1.807) is 45.0 Å². The highest BCUT2D eigenvalue weighted by atomic mass is 32.2. The minimum Gasteiger partial charge on any atom is -0.493 e. The lowest BCUT2D eigenvalue weighted by molar-refractivity contribution is 0.319. The van der Waals surface area contributed by atoms with Crippen molar-refractivity contribution in [2.45, 2.75) is 26.0 Å². The molecule has 6 heteroatoms. The van der Waals surface area contributed by atoms with Crippen molar-refractivity contribution >= 4 is 15.5 Å². The molecule has 0 radical (unpaired) electrons. The molecule has 0 aliphatic carbocycles. The van der Waals surface area contributed by atoms with Crippen molar-refractivity contribution in [2.24, 2.45) is 5.16 Å². The predicted molar refractivity (Wildman–Crippen MR) is 74.9 cm³/mol. The van der Waals surface area contributed by atoms with E-state index >= 15 is 0 Å². The van der Waals surface area contributed by atoms with E-state index in [1.165, 1.54) is 0 Å². The highest BCUT2D eigenvalue weighted by Gasteiger charge is 2.15. The molecule has 1 aromatic carbocycles. The van der Waals surface area contributed by atoms with E-state index in [-0.39, 0.29) is 17.6 Å². The van der Waals surface area contributed by atoms with Crippen LogP contribution in [0.15, 0.2) is 29.4 Å². The van der Waals surface area contributed by atoms with Crippen molar-refractivity contribution in [1.29, 1.82) is 0 Å². The van der Waals surface area contributed by atoms with Crippen LogP contribution in [-0.2, 0) is 9.84 Å². The summed E-state index contributed by atoms with van der Waals surface area (Å²) in [6.07, 6.45) is 0. The predicted octanol–water partition coefficient (Wildman–Crippen LogP) is 2.09. The van der Waals surface area contributed by atoms with Crippen LogP contribution >= 0.6 is 0 Å². The number of benzene rings is 1. The van der Waals surface area contributed by atoms with Gasteiger partial charge in [0.15, 0.2) is 9.84 Å². The topological polar surface area (TPSA) is 76.0 Å². The fourth-order valence-corrected chi connectivity index (χ4v) is 2.15. The zero-order valence-electron chi connectivity index (χ0n) is 11.3. The van der Waals surface area contributed by atoms with E-state index in [2.05, 4.69) is 5.16 Å². The highest BCUT2D eigenvalue weighted by Crippen LogP contribution is 2.13. The van der Waals surface area contributed by atoms with Crippen molar-refractivity contribution in [3.8, 4) is 5.75 Å². The molecule has 0 atom stereocenters. The lowest BCUT2D eigenvalue weighted by Gasteiger charge is -2.09. The van der Waals surface area contributed by atoms with Crippen molar-refractivity contribution in [3.63, 3.8) is 0 Å². The Morgan fingerprint density at radius 3 is 2.37 bits per heavy atom. The zero-order chi connectivity index (χ0) is 14.5. The fraction of sp³-hybridized carbons (Fsp3) is 0.462. The summed E-state index contributed by atoms with van der Waals surface area (Å²) in [6, 6.07) is 6.93. The SMILES string of the molecule is C/C(=N\O)c1ccc(OCCS(=O)(=O)C(C)C)cc1. The van der Waals surface area contributed by atoms with Gasteiger partial charge in [-0.05, 0) is 50.6 Å². The monoisotopic (exact) mass is 285 g/mol. The van der Waals surface area contributed by atoms with E-state index in [4.69, 9.17) is 9.94 Å². The summed E-state index contributed by atoms with van der Waals surface area (Å²) in [7, 11) is -3.07. The summed E-state index contributed by atoms with van der Waals surface area (Å²) in [5.41, 5.74) is 1.29. The third-order valence-electron chi connectivity index (χ3n) is 2.78. The molecule has 0 heterocycles. The Morgan fingerprint density at radius 2 is 1.89 bits per heavy atom. The number of rotatable bonds is 6. The number of oxime groups is 1. The van der Waals surface area contributed by atoms with Crippen LogP contribution in [0.2, 0.25) is 0 Å². The molecule has 0 fully saturated rings. The van der Waals surface area contributed by atoms with Crippen LogP contribution in [0.3, 0.4) is 0 Å². The third kappa shape index (κ3) is 4.55. The highest BCUT2D eigenvalue weighted by molar-refractivity contribution is 7.91. The van der Waals surface area contributed by atoms with Crippen molar-refractivity contribution in [1.82, 2.24) is 0 Å². The molecule has 0 aliphatic heterocycles. The molecule has 0 spiro atoms. The van der Waals surface area contributed by atoms with Gasteiger partial charge in [-0.2, -0.15) is 0 Å². The van der Waals surface area contributed by atoms with Crippen LogP contribution in [0.5, 0.6) is 5.75 Å². The normalized spacial score (nSPS) is 12.7. The number of nitrogens with zero attached hydrogens (tertiary/aromatic N) is 1. The Hall–Kier alpha value is -1.56. The second-order valence-corrected chi connectivity index (χ2v) is 7.15. The van der Waals surface area contributed by atoms with E-state index in [0.717, 1.165) is 5.56 Å². The van der Waals surface area contributed by atoms with E-state index < -0.39 is 9.84 Å². The summed E-state index contributed by atoms with van der Waals surface area (Å²) in [5.74, 6) is 0.595. The minimum atomic E-state index is -3.07. The molecule has 0 aliphatic rings. The molecule has 106 valence electrons. The smallest absolute Gasteiger partial charge is 0.155 e. The van der Waals surface area contributed by atoms with Gasteiger partial charge in [0.25, 0.3) is 0 Å². The first-order chi connectivity index (χ1) is 8.86. The Morgan fingerprint density at radius 1 is 1.32 bits per heavy atom. The van der Waals surface area contributed by atoms with Crippen LogP contribution < -0.4 is 4.74 Å². The van der Waals surface area contributed by atoms with Crippen molar-refractivity contribution in [2.75, 3.05) is 12.4 Å². The molecule has 19 heavy (non-hydrogen) atoms. The molecule has 1 N–H and O–H groups in total. The van der Waals surface area contributed by atoms with Gasteiger partial charge in [0.1, 0.15) is 12.4 Å². The summed E-state index contributed by atoms with van der Waals surface area (Å²) in [4.78, 5) is 0. The lowest BCUT2D eigenvalue weighted by atomic mass is 10.1. The van der Waals surface area contributed by atoms with Crippen molar-refractivity contribution < 1.29 is 18.4 Å². The first-order valence-electron chi connectivity index (χ1n) is 6.00. The van der Waals surface area contributed by atoms with Gasteiger partial charge in [-0.15, -0.1) is 0 Å². The van der Waals surface area contributed by atoms with Crippen LogP contribution in [0, 0.1) is 0 Å². The Kier molecular flexibility index (Phi) is 5.35. The molecule has 0 aromatic heterocycles. The van der Waals surface area contributed by atoms with Gasteiger partial charge in [-0.25, -0.2) is 8.42 Å². The van der Waals surface area contributed by atoms with Gasteiger partial charge < -0.3 is 9.94 Å². The summed E-state index contributed by atoms with van der Waals surface area (Å²) >= 11 is 0. The number of sulfone groups is 1. The molecular formula is C13H19NO4S. The second-order valence-electron chi connectivity index (χ2n) is 4.47. The Balaban J connectivity index is 2.56. The molecular weight excluding hydrogens is 266 g/mol. The molecule has 0 saturated heterocycles. The van der Waals surface area contributed by atoms with Gasteiger partial charge in [-0.1, -0.05) is 5.16 Å². The quantitative estimate of drug-likeness (QED) is 0.493. The van der Waals surface area contributed by atoms with Crippen molar-refractivity contribution in [3.05, 3.63) is 29.8 Å². The lowest BCUT2D eigenvalue weighted by Crippen LogP contribution is -2.22. The van der Waals surface area contributed by atoms with Gasteiger partial charge in [0, 0.05) is 0 Å². The number of ether oxygens (including phenoxy) is 1. The van der Waals surface area contributed by atoms with E-state index in [1.807, 2.05) is 0 Å². The summed E-state index contributed by atoms with van der Waals surface area (Å²) in [5, 5.41) is 11.3. The summed E-state index contributed by atoms with van der Waals surface area (Å²) in [6.45, 7) is 5.13. The van der Waals surface area contributed by atoms with E-state index in [9.17, 15) is 8.42 Å². The van der Waals surface area contributed by atoms with Gasteiger partial charge >= 0.3 is 0 Å². The molecule has 1 aromatic rings. The van der Waals surface area contributed by atoms with E-state index in [0.29, 0.717) is 11.5 Å². The van der Waals surface area contributed by atoms with Crippen LogP contribution in [0.25, 0.3) is 0 Å². The van der Waals surface area contributed by atoms with Crippen LogP contribution in [0.4, 0.5) is 0 Å². The molecule has 1 rings (SSSR count). The van der Waals surface area contributed by atoms with Gasteiger partial charge in [0.05, 0.1) is 16.7 Å². The maximum Gasteiger partial charge on any atom is 0.155 e. The number of hydrogen-bond donors (Lipinski definition) is 1. The van der Waals surface area contributed by atoms with Gasteiger partial charge in [0.2, 0.25) is 0 Å². The standard InChI is InChI=1S/C13H19NO4S/c1-10(2)19(16,17)9-8-18-13-6-4-12(5-7-13)11(3)14-15/h4-7,10,15H,8-9H2,1-3H3/b14-11+. The molecule has 5 nitrogen and oxygen atoms in total. The maximum absolute atomic E-state index is 11.6. The molecule has 0 saturated carbocycles. The zero-order valence-corrected chi connectivity index (χ0v) is 12.1. The average molecular weight is 285 g/mol. The minimum absolute atomic E-state index is 0.00352. The maximum atomic E-state index is 11.6. The first kappa shape index (κ1) is 15.5.